The summed E-state index contributed by atoms with van der Waals surface area (Å²) in [6.45, 7) is 2.10. The van der Waals surface area contributed by atoms with Crippen molar-refractivity contribution in [3.8, 4) is 5.69 Å². The number of halogens is 1. The lowest BCUT2D eigenvalue weighted by molar-refractivity contribution is 0.627. The average molecular weight is 275 g/mol. The van der Waals surface area contributed by atoms with Crippen molar-refractivity contribution in [2.75, 3.05) is 0 Å². The zero-order valence-electron chi connectivity index (χ0n) is 11.7. The SMILES string of the molecule is Cc1ccc2c(c1)c1ccccc1n2-c1ccc(F)cc1. The monoisotopic (exact) mass is 275 g/mol. The molecule has 0 amide bonds. The molecule has 3 aromatic carbocycles. The first-order valence-electron chi connectivity index (χ1n) is 7.00. The minimum absolute atomic E-state index is 0.213. The van der Waals surface area contributed by atoms with Gasteiger partial charge in [0.2, 0.25) is 0 Å². The number of rotatable bonds is 1. The molecule has 102 valence electrons. The van der Waals surface area contributed by atoms with Gasteiger partial charge in [-0.1, -0.05) is 29.8 Å². The normalized spacial score (nSPS) is 11.3. The van der Waals surface area contributed by atoms with Crippen LogP contribution in [0.5, 0.6) is 0 Å². The maximum atomic E-state index is 13.2. The first-order chi connectivity index (χ1) is 10.2. The molecule has 1 nitrogen and oxygen atoms in total. The largest absolute Gasteiger partial charge is 0.309 e. The maximum absolute atomic E-state index is 13.2. The number of aromatic nitrogens is 1. The van der Waals surface area contributed by atoms with Crippen molar-refractivity contribution >= 4 is 21.8 Å². The number of aryl methyl sites for hydroxylation is 1. The Morgan fingerprint density at radius 3 is 2.29 bits per heavy atom. The molecule has 0 saturated heterocycles. The Morgan fingerprint density at radius 1 is 0.762 bits per heavy atom. The first kappa shape index (κ1) is 12.2. The van der Waals surface area contributed by atoms with Crippen molar-refractivity contribution in [3.63, 3.8) is 0 Å². The lowest BCUT2D eigenvalue weighted by Gasteiger charge is -2.07. The number of nitrogens with zero attached hydrogens (tertiary/aromatic N) is 1. The summed E-state index contributed by atoms with van der Waals surface area (Å²) in [5, 5.41) is 2.45. The van der Waals surface area contributed by atoms with Crippen LogP contribution in [-0.4, -0.2) is 4.57 Å². The van der Waals surface area contributed by atoms with Gasteiger partial charge in [0.25, 0.3) is 0 Å². The summed E-state index contributed by atoms with van der Waals surface area (Å²) >= 11 is 0. The molecule has 1 aromatic heterocycles. The van der Waals surface area contributed by atoms with Gasteiger partial charge in [-0.05, 0) is 49.4 Å². The molecule has 0 aliphatic heterocycles. The van der Waals surface area contributed by atoms with Gasteiger partial charge in [0.05, 0.1) is 11.0 Å². The molecule has 4 aromatic rings. The molecule has 0 aliphatic carbocycles. The smallest absolute Gasteiger partial charge is 0.123 e. The van der Waals surface area contributed by atoms with Gasteiger partial charge in [-0.15, -0.1) is 0 Å². The van der Waals surface area contributed by atoms with Crippen molar-refractivity contribution in [1.29, 1.82) is 0 Å². The third-order valence-electron chi connectivity index (χ3n) is 3.91. The van der Waals surface area contributed by atoms with E-state index in [1.54, 1.807) is 0 Å². The van der Waals surface area contributed by atoms with Gasteiger partial charge in [0.1, 0.15) is 5.82 Å². The molecule has 0 N–H and O–H groups in total. The Labute approximate surface area is 122 Å². The van der Waals surface area contributed by atoms with Gasteiger partial charge in [-0.2, -0.15) is 0 Å². The highest BCUT2D eigenvalue weighted by atomic mass is 19.1. The highest BCUT2D eigenvalue weighted by Crippen LogP contribution is 2.32. The van der Waals surface area contributed by atoms with Crippen molar-refractivity contribution in [2.24, 2.45) is 0 Å². The van der Waals surface area contributed by atoms with Crippen LogP contribution in [0, 0.1) is 12.7 Å². The average Bonchev–Trinajstić information content (AvgIpc) is 2.82. The summed E-state index contributed by atoms with van der Waals surface area (Å²) in [4.78, 5) is 0. The highest BCUT2D eigenvalue weighted by Gasteiger charge is 2.11. The zero-order chi connectivity index (χ0) is 14.4. The second-order valence-electron chi connectivity index (χ2n) is 5.35. The third-order valence-corrected chi connectivity index (χ3v) is 3.91. The molecule has 0 unspecified atom stereocenters. The van der Waals surface area contributed by atoms with E-state index in [0.29, 0.717) is 0 Å². The third kappa shape index (κ3) is 1.83. The molecule has 0 aliphatic rings. The summed E-state index contributed by atoms with van der Waals surface area (Å²) < 4.78 is 15.4. The summed E-state index contributed by atoms with van der Waals surface area (Å²) in [5.74, 6) is -0.213. The number of hydrogen-bond acceptors (Lipinski definition) is 0. The molecule has 0 atom stereocenters. The first-order valence-corrected chi connectivity index (χ1v) is 7.00. The molecule has 2 heteroatoms. The van der Waals surface area contributed by atoms with Crippen LogP contribution in [0.15, 0.2) is 66.7 Å². The van der Waals surface area contributed by atoms with E-state index in [1.165, 1.54) is 28.5 Å². The molecule has 4 rings (SSSR count). The van der Waals surface area contributed by atoms with Gasteiger partial charge in [0.15, 0.2) is 0 Å². The Balaban J connectivity index is 2.17. The van der Waals surface area contributed by atoms with Gasteiger partial charge in [-0.3, -0.25) is 0 Å². The highest BCUT2D eigenvalue weighted by molar-refractivity contribution is 6.09. The number of para-hydroxylation sites is 1. The van der Waals surface area contributed by atoms with E-state index in [4.69, 9.17) is 0 Å². The van der Waals surface area contributed by atoms with Crippen LogP contribution in [0.25, 0.3) is 27.5 Å². The summed E-state index contributed by atoms with van der Waals surface area (Å²) in [6, 6.07) is 21.4. The fourth-order valence-corrected chi connectivity index (χ4v) is 2.96. The lowest BCUT2D eigenvalue weighted by Crippen LogP contribution is -1.93. The van der Waals surface area contributed by atoms with Crippen LogP contribution in [0.4, 0.5) is 4.39 Å². The fraction of sp³-hybridized carbons (Fsp3) is 0.0526. The molecular formula is C19H14FN. The lowest BCUT2D eigenvalue weighted by atomic mass is 10.1. The number of hydrogen-bond donors (Lipinski definition) is 0. The van der Waals surface area contributed by atoms with E-state index in [2.05, 4.69) is 47.9 Å². The predicted molar refractivity (Wildman–Crippen MR) is 85.5 cm³/mol. The minimum atomic E-state index is -0.213. The molecule has 0 radical (unpaired) electrons. The van der Waals surface area contributed by atoms with Crippen LogP contribution in [-0.2, 0) is 0 Å². The summed E-state index contributed by atoms with van der Waals surface area (Å²) in [5.41, 5.74) is 4.51. The van der Waals surface area contributed by atoms with Crippen molar-refractivity contribution in [3.05, 3.63) is 78.1 Å². The Bertz CT molecular complexity index is 949. The Morgan fingerprint density at radius 2 is 1.48 bits per heavy atom. The van der Waals surface area contributed by atoms with Crippen molar-refractivity contribution in [1.82, 2.24) is 4.57 Å². The van der Waals surface area contributed by atoms with Crippen LogP contribution < -0.4 is 0 Å². The van der Waals surface area contributed by atoms with Crippen molar-refractivity contribution in [2.45, 2.75) is 6.92 Å². The van der Waals surface area contributed by atoms with E-state index in [-0.39, 0.29) is 5.82 Å². The molecule has 0 bridgehead atoms. The van der Waals surface area contributed by atoms with E-state index in [9.17, 15) is 4.39 Å². The van der Waals surface area contributed by atoms with Crippen LogP contribution >= 0.6 is 0 Å². The molecule has 0 spiro atoms. The summed E-state index contributed by atoms with van der Waals surface area (Å²) in [6.07, 6.45) is 0. The zero-order valence-corrected chi connectivity index (χ0v) is 11.7. The summed E-state index contributed by atoms with van der Waals surface area (Å²) in [7, 11) is 0. The van der Waals surface area contributed by atoms with Crippen molar-refractivity contribution < 1.29 is 4.39 Å². The van der Waals surface area contributed by atoms with Gasteiger partial charge in [-0.25, -0.2) is 4.39 Å². The quantitative estimate of drug-likeness (QED) is 0.448. The molecule has 1 heterocycles. The Kier molecular flexibility index (Phi) is 2.58. The minimum Gasteiger partial charge on any atom is -0.309 e. The van der Waals surface area contributed by atoms with E-state index < -0.39 is 0 Å². The predicted octanol–water partition coefficient (Wildman–Crippen LogP) is 5.23. The fourth-order valence-electron chi connectivity index (χ4n) is 2.96. The van der Waals surface area contributed by atoms with E-state index in [1.807, 2.05) is 18.2 Å². The molecule has 0 saturated carbocycles. The maximum Gasteiger partial charge on any atom is 0.123 e. The molecule has 21 heavy (non-hydrogen) atoms. The van der Waals surface area contributed by atoms with Crippen LogP contribution in [0.1, 0.15) is 5.56 Å². The van der Waals surface area contributed by atoms with E-state index >= 15 is 0 Å². The van der Waals surface area contributed by atoms with Gasteiger partial charge < -0.3 is 4.57 Å². The standard InChI is InChI=1S/C19H14FN/c1-13-6-11-19-17(12-13)16-4-2-3-5-18(16)21(19)15-9-7-14(20)8-10-15/h2-12H,1H3. The number of benzene rings is 3. The van der Waals surface area contributed by atoms with Crippen LogP contribution in [0.2, 0.25) is 0 Å². The van der Waals surface area contributed by atoms with Gasteiger partial charge in [0, 0.05) is 16.5 Å². The molecule has 0 fully saturated rings. The second kappa shape index (κ2) is 4.45. The topological polar surface area (TPSA) is 4.93 Å². The van der Waals surface area contributed by atoms with Gasteiger partial charge >= 0.3 is 0 Å². The Hall–Kier alpha value is -2.61. The number of fused-ring (bicyclic) bond motifs is 3. The van der Waals surface area contributed by atoms with E-state index in [0.717, 1.165) is 16.7 Å². The molecular weight excluding hydrogens is 261 g/mol. The second-order valence-corrected chi connectivity index (χ2v) is 5.35. The van der Waals surface area contributed by atoms with Crippen LogP contribution in [0.3, 0.4) is 0 Å².